The molecule has 2 aliphatic rings. The SMILES string of the molecule is Br.N[C@H]1CCN(C(=O)c2ccc3c4c5c(c(-c6ccccc6Cl)cc4n(CCO)c3c2)C(=O)NC5=O)C1. The number of halogens is 2. The monoisotopic (exact) mass is 582 g/mol. The third-order valence-corrected chi connectivity index (χ3v) is 7.41. The smallest absolute Gasteiger partial charge is 0.259 e. The van der Waals surface area contributed by atoms with Gasteiger partial charge in [-0.1, -0.05) is 35.9 Å². The number of carbonyl (C=O) groups excluding carboxylic acids is 3. The number of hydrogen-bond acceptors (Lipinski definition) is 5. The molecule has 0 radical (unpaired) electrons. The van der Waals surface area contributed by atoms with E-state index in [0.29, 0.717) is 51.2 Å². The zero-order valence-corrected chi connectivity index (χ0v) is 22.1. The second kappa shape index (κ2) is 9.57. The van der Waals surface area contributed by atoms with Crippen LogP contribution in [0.25, 0.3) is 32.9 Å². The normalized spacial score (nSPS) is 16.8. The highest BCUT2D eigenvalue weighted by Gasteiger charge is 2.35. The van der Waals surface area contributed by atoms with Gasteiger partial charge in [-0.25, -0.2) is 0 Å². The minimum Gasteiger partial charge on any atom is -0.395 e. The first-order chi connectivity index (χ1) is 17.4. The molecule has 1 saturated heterocycles. The van der Waals surface area contributed by atoms with Gasteiger partial charge in [0.05, 0.1) is 23.3 Å². The summed E-state index contributed by atoms with van der Waals surface area (Å²) in [5.74, 6) is -1.07. The number of imide groups is 1. The summed E-state index contributed by atoms with van der Waals surface area (Å²) >= 11 is 6.49. The average Bonchev–Trinajstić information content (AvgIpc) is 3.52. The topological polar surface area (TPSA) is 118 Å². The zero-order valence-electron chi connectivity index (χ0n) is 19.7. The summed E-state index contributed by atoms with van der Waals surface area (Å²) in [4.78, 5) is 40.9. The number of aliphatic hydroxyl groups is 1. The highest BCUT2D eigenvalue weighted by molar-refractivity contribution is 8.93. The van der Waals surface area contributed by atoms with Crippen molar-refractivity contribution in [3.63, 3.8) is 0 Å². The van der Waals surface area contributed by atoms with Crippen LogP contribution in [0.15, 0.2) is 48.5 Å². The van der Waals surface area contributed by atoms with E-state index in [2.05, 4.69) is 5.32 Å². The summed E-state index contributed by atoms with van der Waals surface area (Å²) in [5, 5.41) is 14.1. The van der Waals surface area contributed by atoms with Crippen LogP contribution >= 0.6 is 28.6 Å². The van der Waals surface area contributed by atoms with E-state index in [9.17, 15) is 19.5 Å². The first kappa shape index (κ1) is 25.4. The number of rotatable bonds is 4. The molecule has 3 aromatic carbocycles. The number of aliphatic hydroxyl groups excluding tert-OH is 1. The summed E-state index contributed by atoms with van der Waals surface area (Å²) in [6.07, 6.45) is 0.763. The molecule has 0 bridgehead atoms. The van der Waals surface area contributed by atoms with E-state index in [1.165, 1.54) is 0 Å². The molecule has 1 atom stereocenters. The lowest BCUT2D eigenvalue weighted by molar-refractivity contribution is 0.0789. The van der Waals surface area contributed by atoms with Gasteiger partial charge in [-0.2, -0.15) is 0 Å². The number of hydrogen-bond donors (Lipinski definition) is 3. The molecule has 1 fully saturated rings. The third kappa shape index (κ3) is 3.93. The number of aromatic nitrogens is 1. The predicted molar refractivity (Wildman–Crippen MR) is 148 cm³/mol. The number of likely N-dealkylation sites (tertiary alicyclic amines) is 1. The van der Waals surface area contributed by atoms with Crippen molar-refractivity contribution in [3.8, 4) is 11.1 Å². The Morgan fingerprint density at radius 3 is 2.51 bits per heavy atom. The Labute approximate surface area is 227 Å². The van der Waals surface area contributed by atoms with Crippen LogP contribution in [0.3, 0.4) is 0 Å². The van der Waals surface area contributed by atoms with Crippen molar-refractivity contribution in [1.29, 1.82) is 0 Å². The number of nitrogens with two attached hydrogens (primary N) is 1. The highest BCUT2D eigenvalue weighted by Crippen LogP contribution is 2.42. The largest absolute Gasteiger partial charge is 0.395 e. The van der Waals surface area contributed by atoms with Gasteiger partial charge in [0.1, 0.15) is 0 Å². The number of carbonyl (C=O) groups is 3. The molecule has 4 aromatic rings. The fraction of sp³-hybridized carbons (Fsp3) is 0.222. The lowest BCUT2D eigenvalue weighted by atomic mass is 9.92. The van der Waals surface area contributed by atoms with Crippen molar-refractivity contribution in [3.05, 3.63) is 70.2 Å². The molecule has 10 heteroatoms. The van der Waals surface area contributed by atoms with E-state index in [1.54, 1.807) is 41.3 Å². The summed E-state index contributed by atoms with van der Waals surface area (Å²) in [7, 11) is 0. The Balaban J connectivity index is 0.00000280. The molecule has 37 heavy (non-hydrogen) atoms. The molecule has 2 aliphatic heterocycles. The molecular formula is C27H24BrClN4O4. The maximum Gasteiger partial charge on any atom is 0.259 e. The summed E-state index contributed by atoms with van der Waals surface area (Å²) < 4.78 is 1.88. The highest BCUT2D eigenvalue weighted by atomic mass is 79.9. The molecule has 3 heterocycles. The van der Waals surface area contributed by atoms with E-state index >= 15 is 0 Å². The van der Waals surface area contributed by atoms with Crippen LogP contribution in [0.5, 0.6) is 0 Å². The second-order valence-electron chi connectivity index (χ2n) is 9.24. The predicted octanol–water partition coefficient (Wildman–Crippen LogP) is 3.74. The van der Waals surface area contributed by atoms with Crippen LogP contribution in [-0.4, -0.2) is 58.0 Å². The first-order valence-corrected chi connectivity index (χ1v) is 12.2. The number of nitrogens with one attached hydrogen (secondary N) is 1. The van der Waals surface area contributed by atoms with Crippen LogP contribution in [0.1, 0.15) is 37.5 Å². The third-order valence-electron chi connectivity index (χ3n) is 7.08. The van der Waals surface area contributed by atoms with Gasteiger partial charge in [0.15, 0.2) is 0 Å². The fourth-order valence-corrected chi connectivity index (χ4v) is 5.70. The van der Waals surface area contributed by atoms with Crippen LogP contribution in [0.4, 0.5) is 0 Å². The molecule has 8 nitrogen and oxygen atoms in total. The van der Waals surface area contributed by atoms with Gasteiger partial charge >= 0.3 is 0 Å². The minimum atomic E-state index is -0.483. The standard InChI is InChI=1S/C27H23ClN4O4.BrH/c28-19-4-2-1-3-16(19)18-12-21-22(24-23(18)25(34)30-26(24)35)17-6-5-14(11-20(17)32(21)9-10-33)27(36)31-8-7-15(29)13-31;/h1-6,11-12,15,33H,7-10,13,29H2,(H,30,34,35);1H/t15-;/m0./s1. The fourth-order valence-electron chi connectivity index (χ4n) is 5.46. The quantitative estimate of drug-likeness (QED) is 0.317. The molecule has 3 amide bonds. The van der Waals surface area contributed by atoms with Gasteiger partial charge in [-0.3, -0.25) is 19.7 Å². The summed E-state index contributed by atoms with van der Waals surface area (Å²) in [6.45, 7) is 1.20. The summed E-state index contributed by atoms with van der Waals surface area (Å²) in [5.41, 5.74) is 9.58. The van der Waals surface area contributed by atoms with Crippen LogP contribution in [0, 0.1) is 0 Å². The van der Waals surface area contributed by atoms with Gasteiger partial charge in [0.2, 0.25) is 0 Å². The van der Waals surface area contributed by atoms with E-state index < -0.39 is 11.8 Å². The Morgan fingerprint density at radius 1 is 1.05 bits per heavy atom. The molecule has 0 aliphatic carbocycles. The van der Waals surface area contributed by atoms with Crippen molar-refractivity contribution in [1.82, 2.24) is 14.8 Å². The van der Waals surface area contributed by atoms with Crippen LogP contribution in [-0.2, 0) is 6.54 Å². The molecule has 4 N–H and O–H groups in total. The molecule has 0 unspecified atom stereocenters. The lowest BCUT2D eigenvalue weighted by Crippen LogP contribution is -2.31. The van der Waals surface area contributed by atoms with E-state index in [-0.39, 0.29) is 53.2 Å². The van der Waals surface area contributed by atoms with Crippen molar-refractivity contribution in [2.24, 2.45) is 5.73 Å². The van der Waals surface area contributed by atoms with Gasteiger partial charge in [-0.05, 0) is 36.2 Å². The van der Waals surface area contributed by atoms with Crippen molar-refractivity contribution >= 4 is 68.1 Å². The number of benzene rings is 3. The molecule has 190 valence electrons. The molecular weight excluding hydrogens is 560 g/mol. The van der Waals surface area contributed by atoms with Crippen LogP contribution in [0.2, 0.25) is 5.02 Å². The summed E-state index contributed by atoms with van der Waals surface area (Å²) in [6, 6.07) is 14.3. The van der Waals surface area contributed by atoms with Gasteiger partial charge in [0.25, 0.3) is 17.7 Å². The lowest BCUT2D eigenvalue weighted by Gasteiger charge is -2.16. The Kier molecular flexibility index (Phi) is 6.57. The van der Waals surface area contributed by atoms with E-state index in [1.807, 2.05) is 16.7 Å². The average molecular weight is 584 g/mol. The van der Waals surface area contributed by atoms with E-state index in [4.69, 9.17) is 17.3 Å². The van der Waals surface area contributed by atoms with Crippen molar-refractivity contribution < 1.29 is 19.5 Å². The molecule has 1 aromatic heterocycles. The molecule has 0 spiro atoms. The van der Waals surface area contributed by atoms with E-state index in [0.717, 1.165) is 11.8 Å². The van der Waals surface area contributed by atoms with Gasteiger partial charge < -0.3 is 20.3 Å². The first-order valence-electron chi connectivity index (χ1n) is 11.8. The van der Waals surface area contributed by atoms with Gasteiger partial charge in [-0.15, -0.1) is 17.0 Å². The van der Waals surface area contributed by atoms with Gasteiger partial charge in [0, 0.05) is 58.1 Å². The maximum atomic E-state index is 13.2. The zero-order chi connectivity index (χ0) is 25.1. The van der Waals surface area contributed by atoms with Crippen molar-refractivity contribution in [2.75, 3.05) is 19.7 Å². The van der Waals surface area contributed by atoms with Crippen molar-refractivity contribution in [2.45, 2.75) is 19.0 Å². The maximum absolute atomic E-state index is 13.2. The number of fused-ring (bicyclic) bond motifs is 5. The number of amides is 3. The Hall–Kier alpha value is -3.24. The Morgan fingerprint density at radius 2 is 1.81 bits per heavy atom. The Bertz CT molecular complexity index is 1620. The molecule has 6 rings (SSSR count). The second-order valence-corrected chi connectivity index (χ2v) is 9.65. The number of nitrogens with zero attached hydrogens (tertiary/aromatic N) is 2. The minimum absolute atomic E-state index is 0. The van der Waals surface area contributed by atoms with Crippen LogP contribution < -0.4 is 11.1 Å². The molecule has 0 saturated carbocycles.